The fourth-order valence-corrected chi connectivity index (χ4v) is 5.16. The van der Waals surface area contributed by atoms with Crippen LogP contribution in [0.4, 0.5) is 4.39 Å². The van der Waals surface area contributed by atoms with Crippen molar-refractivity contribution in [1.82, 2.24) is 35.4 Å². The third kappa shape index (κ3) is 5.63. The van der Waals surface area contributed by atoms with Gasteiger partial charge in [-0.05, 0) is 55.9 Å². The molecule has 2 amide bonds. The second-order valence-corrected chi connectivity index (χ2v) is 11.9. The summed E-state index contributed by atoms with van der Waals surface area (Å²) in [7, 11) is 1.58. The van der Waals surface area contributed by atoms with Crippen molar-refractivity contribution < 1.29 is 23.2 Å². The van der Waals surface area contributed by atoms with Crippen LogP contribution in [0.1, 0.15) is 82.1 Å². The Balaban J connectivity index is 1.33. The molecular weight excluding hydrogens is 517 g/mol. The molecular formula is C28H36FN7O4. The molecule has 40 heavy (non-hydrogen) atoms. The topological polar surface area (TPSA) is 128 Å². The third-order valence-corrected chi connectivity index (χ3v) is 7.61. The average Bonchev–Trinajstić information content (AvgIpc) is 3.29. The van der Waals surface area contributed by atoms with Crippen LogP contribution in [-0.2, 0) is 14.3 Å². The largest absolute Gasteiger partial charge is 0.380 e. The summed E-state index contributed by atoms with van der Waals surface area (Å²) in [4.78, 5) is 33.6. The van der Waals surface area contributed by atoms with Crippen LogP contribution in [0.25, 0.3) is 11.4 Å². The van der Waals surface area contributed by atoms with Gasteiger partial charge in [0.05, 0.1) is 11.8 Å². The summed E-state index contributed by atoms with van der Waals surface area (Å²) >= 11 is 0. The van der Waals surface area contributed by atoms with Crippen LogP contribution < -0.4 is 5.32 Å². The molecule has 12 heteroatoms. The van der Waals surface area contributed by atoms with Gasteiger partial charge < -0.3 is 19.5 Å². The van der Waals surface area contributed by atoms with Gasteiger partial charge in [0, 0.05) is 37.8 Å². The van der Waals surface area contributed by atoms with Crippen molar-refractivity contribution in [2.24, 2.45) is 5.41 Å². The lowest BCUT2D eigenvalue weighted by Gasteiger charge is -2.34. The first-order chi connectivity index (χ1) is 19.0. The number of carbonyl (C=O) groups excluding carboxylic acids is 2. The highest BCUT2D eigenvalue weighted by molar-refractivity contribution is 5.90. The Bertz CT molecular complexity index is 1390. The van der Waals surface area contributed by atoms with Crippen molar-refractivity contribution in [3.63, 3.8) is 0 Å². The van der Waals surface area contributed by atoms with Gasteiger partial charge in [-0.15, -0.1) is 5.10 Å². The molecule has 214 valence electrons. The third-order valence-electron chi connectivity index (χ3n) is 7.61. The highest BCUT2D eigenvalue weighted by Crippen LogP contribution is 2.40. The summed E-state index contributed by atoms with van der Waals surface area (Å²) in [5.41, 5.74) is 1.49. The predicted octanol–water partition coefficient (Wildman–Crippen LogP) is 3.73. The second kappa shape index (κ2) is 10.7. The molecule has 2 aliphatic rings. The zero-order valence-electron chi connectivity index (χ0n) is 23.7. The molecule has 0 bridgehead atoms. The molecule has 1 saturated heterocycles. The van der Waals surface area contributed by atoms with Crippen molar-refractivity contribution in [3.05, 3.63) is 47.4 Å². The van der Waals surface area contributed by atoms with Crippen LogP contribution in [0.15, 0.2) is 28.9 Å². The van der Waals surface area contributed by atoms with Crippen LogP contribution in [0.3, 0.4) is 0 Å². The van der Waals surface area contributed by atoms with E-state index in [1.807, 2.05) is 27.0 Å². The fourth-order valence-electron chi connectivity index (χ4n) is 5.16. The van der Waals surface area contributed by atoms with Crippen molar-refractivity contribution >= 4 is 11.8 Å². The van der Waals surface area contributed by atoms with E-state index >= 15 is 0 Å². The molecule has 1 unspecified atom stereocenters. The molecule has 1 N–H and O–H groups in total. The van der Waals surface area contributed by atoms with E-state index in [0.29, 0.717) is 29.3 Å². The van der Waals surface area contributed by atoms with Crippen molar-refractivity contribution in [3.8, 4) is 11.4 Å². The normalized spacial score (nSPS) is 20.9. The van der Waals surface area contributed by atoms with Crippen molar-refractivity contribution in [2.45, 2.75) is 84.0 Å². The van der Waals surface area contributed by atoms with Crippen LogP contribution in [0, 0.1) is 18.2 Å². The minimum absolute atomic E-state index is 0.201. The summed E-state index contributed by atoms with van der Waals surface area (Å²) in [5.74, 6) is 0.0296. The van der Waals surface area contributed by atoms with Crippen molar-refractivity contribution in [2.75, 3.05) is 13.7 Å². The quantitative estimate of drug-likeness (QED) is 0.447. The first-order valence-corrected chi connectivity index (χ1v) is 13.6. The zero-order valence-corrected chi connectivity index (χ0v) is 23.7. The monoisotopic (exact) mass is 553 g/mol. The number of methoxy groups -OCH3 is 1. The number of amides is 2. The molecule has 2 aromatic heterocycles. The Morgan fingerprint density at radius 1 is 1.25 bits per heavy atom. The summed E-state index contributed by atoms with van der Waals surface area (Å²) in [5, 5.41) is 15.5. The maximum Gasteiger partial charge on any atom is 0.249 e. The minimum atomic E-state index is -0.752. The van der Waals surface area contributed by atoms with Crippen LogP contribution >= 0.6 is 0 Å². The number of benzene rings is 1. The lowest BCUT2D eigenvalue weighted by atomic mass is 9.85. The van der Waals surface area contributed by atoms with Gasteiger partial charge in [-0.1, -0.05) is 31.1 Å². The van der Waals surface area contributed by atoms with Gasteiger partial charge in [0.1, 0.15) is 23.9 Å². The van der Waals surface area contributed by atoms with Gasteiger partial charge in [-0.2, -0.15) is 4.98 Å². The lowest BCUT2D eigenvalue weighted by molar-refractivity contribution is -0.144. The summed E-state index contributed by atoms with van der Waals surface area (Å²) in [6.45, 7) is 9.60. The molecule has 3 aromatic rings. The molecule has 1 aromatic carbocycles. The fraction of sp³-hybridized carbons (Fsp3) is 0.571. The summed E-state index contributed by atoms with van der Waals surface area (Å²) in [6, 6.07) is 2.53. The van der Waals surface area contributed by atoms with E-state index in [1.165, 1.54) is 6.07 Å². The first-order valence-electron chi connectivity index (χ1n) is 13.6. The molecule has 1 aliphatic carbocycles. The summed E-state index contributed by atoms with van der Waals surface area (Å²) < 4.78 is 26.3. The molecule has 0 radical (unpaired) electrons. The number of aromatic nitrogens is 5. The van der Waals surface area contributed by atoms with E-state index in [-0.39, 0.29) is 36.2 Å². The number of nitrogens with zero attached hydrogens (tertiary/aromatic N) is 6. The van der Waals surface area contributed by atoms with Crippen LogP contribution in [0.5, 0.6) is 0 Å². The predicted molar refractivity (Wildman–Crippen MR) is 142 cm³/mol. The lowest BCUT2D eigenvalue weighted by Crippen LogP contribution is -2.50. The Labute approximate surface area is 232 Å². The number of carbonyl (C=O) groups is 2. The molecule has 4 atom stereocenters. The van der Waals surface area contributed by atoms with E-state index in [4.69, 9.17) is 9.26 Å². The summed E-state index contributed by atoms with van der Waals surface area (Å²) in [6.07, 6.45) is 4.10. The number of halogens is 1. The minimum Gasteiger partial charge on any atom is -0.380 e. The molecule has 11 nitrogen and oxygen atoms in total. The number of hydrogen-bond donors (Lipinski definition) is 1. The van der Waals surface area contributed by atoms with E-state index in [1.54, 1.807) is 42.7 Å². The maximum atomic E-state index is 14.1. The van der Waals surface area contributed by atoms with E-state index in [0.717, 1.165) is 18.5 Å². The smallest absolute Gasteiger partial charge is 0.249 e. The SMILES string of the molecule is CO[C@@H]1C[C@@H](C(=O)NC(C)c2nc(-c3ccc(F)c(C)c3)no2)N(C(=O)[C@@H](n2cc(C3CC3)nn2)C(C)(C)C)C1. The van der Waals surface area contributed by atoms with Crippen molar-refractivity contribution in [1.29, 1.82) is 0 Å². The number of ether oxygens (including phenoxy) is 1. The number of likely N-dealkylation sites (tertiary alicyclic amines) is 1. The first kappa shape index (κ1) is 27.9. The van der Waals surface area contributed by atoms with E-state index in [2.05, 4.69) is 25.8 Å². The standard InChI is InChI=1S/C28H36FN7O4/c1-15-11-18(9-10-20(15)29)24-31-26(40-33-24)16(2)30-25(37)22-12-19(39-6)13-35(22)27(38)23(28(3,4)5)36-14-21(32-34-36)17-7-8-17/h9-11,14,16-17,19,22-23H,7-8,12-13H2,1-6H3,(H,30,37)/t16?,19-,22+,23-/m1/s1. The number of hydrogen-bond acceptors (Lipinski definition) is 8. The number of aryl methyl sites for hydroxylation is 1. The Morgan fingerprint density at radius 3 is 2.65 bits per heavy atom. The van der Waals surface area contributed by atoms with Gasteiger partial charge in [0.25, 0.3) is 0 Å². The molecule has 1 aliphatic heterocycles. The Hall–Kier alpha value is -3.67. The van der Waals surface area contributed by atoms with Gasteiger partial charge >= 0.3 is 0 Å². The van der Waals surface area contributed by atoms with Crippen LogP contribution in [-0.4, -0.2) is 67.6 Å². The molecule has 3 heterocycles. The van der Waals surface area contributed by atoms with Gasteiger partial charge in [-0.25, -0.2) is 9.07 Å². The molecule has 5 rings (SSSR count). The van der Waals surface area contributed by atoms with Gasteiger partial charge in [0.15, 0.2) is 0 Å². The number of nitrogens with one attached hydrogen (secondary N) is 1. The highest BCUT2D eigenvalue weighted by atomic mass is 19.1. The van der Waals surface area contributed by atoms with Crippen LogP contribution in [0.2, 0.25) is 0 Å². The Morgan fingerprint density at radius 2 is 2.00 bits per heavy atom. The second-order valence-electron chi connectivity index (χ2n) is 11.9. The van der Waals surface area contributed by atoms with E-state index < -0.39 is 23.5 Å². The zero-order chi connectivity index (χ0) is 28.8. The molecule has 1 saturated carbocycles. The highest BCUT2D eigenvalue weighted by Gasteiger charge is 2.46. The number of rotatable bonds is 8. The van der Waals surface area contributed by atoms with E-state index in [9.17, 15) is 14.0 Å². The Kier molecular flexibility index (Phi) is 7.47. The molecule has 0 spiro atoms. The average molecular weight is 554 g/mol. The van der Waals surface area contributed by atoms with Gasteiger partial charge in [-0.3, -0.25) is 9.59 Å². The molecule has 2 fully saturated rings. The maximum absolute atomic E-state index is 14.1. The van der Waals surface area contributed by atoms with Gasteiger partial charge in [0.2, 0.25) is 23.5 Å².